The zero-order chi connectivity index (χ0) is 20.3. The average molecular weight is 384 g/mol. The average Bonchev–Trinajstić information content (AvgIpc) is 2.72. The van der Waals surface area contributed by atoms with Gasteiger partial charge in [-0.3, -0.25) is 20.2 Å². The van der Waals surface area contributed by atoms with Gasteiger partial charge in [0.2, 0.25) is 0 Å². The molecule has 0 spiro atoms. The lowest BCUT2D eigenvalue weighted by Crippen LogP contribution is -2.42. The Bertz CT molecular complexity index is 896. The van der Waals surface area contributed by atoms with Crippen molar-refractivity contribution in [3.05, 3.63) is 79.9 Å². The van der Waals surface area contributed by atoms with E-state index in [0.29, 0.717) is 12.1 Å². The van der Waals surface area contributed by atoms with Gasteiger partial charge in [0.25, 0.3) is 11.4 Å². The number of nitro groups is 2. The van der Waals surface area contributed by atoms with Gasteiger partial charge in [0.15, 0.2) is 0 Å². The Kier molecular flexibility index (Phi) is 5.65. The molecule has 9 heteroatoms. The summed E-state index contributed by atoms with van der Waals surface area (Å²) >= 11 is 0. The molecule has 1 saturated heterocycles. The highest BCUT2D eigenvalue weighted by molar-refractivity contribution is 5.88. The highest BCUT2D eigenvalue weighted by Gasteiger charge is 2.36. The number of rotatable bonds is 5. The summed E-state index contributed by atoms with van der Waals surface area (Å²) in [6, 6.07) is 12.2. The lowest BCUT2D eigenvalue weighted by molar-refractivity contribution is -0.385. The van der Waals surface area contributed by atoms with E-state index in [-0.39, 0.29) is 29.4 Å². The van der Waals surface area contributed by atoms with Crippen LogP contribution in [0.4, 0.5) is 11.4 Å². The van der Waals surface area contributed by atoms with Crippen molar-refractivity contribution in [2.24, 2.45) is 11.1 Å². The molecule has 9 nitrogen and oxygen atoms in total. The van der Waals surface area contributed by atoms with E-state index < -0.39 is 9.85 Å². The van der Waals surface area contributed by atoms with Crippen molar-refractivity contribution in [2.45, 2.75) is 31.8 Å². The third-order valence-corrected chi connectivity index (χ3v) is 5.16. The largest absolute Gasteiger partial charge is 0.411 e. The van der Waals surface area contributed by atoms with Crippen LogP contribution in [0.2, 0.25) is 0 Å². The van der Waals surface area contributed by atoms with Gasteiger partial charge >= 0.3 is 0 Å². The molecule has 0 bridgehead atoms. The fraction of sp³-hybridized carbons (Fsp3) is 0.316. The second-order valence-corrected chi connectivity index (χ2v) is 6.70. The highest BCUT2D eigenvalue weighted by Crippen LogP contribution is 2.37. The van der Waals surface area contributed by atoms with Gasteiger partial charge in [0, 0.05) is 48.7 Å². The van der Waals surface area contributed by atoms with Crippen LogP contribution >= 0.6 is 0 Å². The normalized spacial score (nSPS) is 23.5. The van der Waals surface area contributed by atoms with E-state index in [9.17, 15) is 25.4 Å². The molecule has 0 radical (unpaired) electrons. The van der Waals surface area contributed by atoms with Gasteiger partial charge in [-0.2, -0.15) is 0 Å². The number of benzene rings is 2. The minimum Gasteiger partial charge on any atom is -0.411 e. The number of hydrogen-bond donors (Lipinski definition) is 2. The highest BCUT2D eigenvalue weighted by atomic mass is 16.6. The predicted octanol–water partition coefficient (Wildman–Crippen LogP) is 4.14. The van der Waals surface area contributed by atoms with Crippen LogP contribution in [0.5, 0.6) is 0 Å². The van der Waals surface area contributed by atoms with Crippen molar-refractivity contribution in [1.82, 2.24) is 5.32 Å². The molecule has 2 aromatic carbocycles. The van der Waals surface area contributed by atoms with Crippen molar-refractivity contribution < 1.29 is 15.1 Å². The van der Waals surface area contributed by atoms with Gasteiger partial charge in [-0.25, -0.2) is 0 Å². The second-order valence-electron chi connectivity index (χ2n) is 6.70. The molecule has 2 N–H and O–H groups in total. The molecule has 1 fully saturated rings. The van der Waals surface area contributed by atoms with Gasteiger partial charge in [-0.05, 0) is 17.5 Å². The first-order valence-corrected chi connectivity index (χ1v) is 8.90. The first kappa shape index (κ1) is 19.4. The van der Waals surface area contributed by atoms with E-state index in [1.54, 1.807) is 24.3 Å². The van der Waals surface area contributed by atoms with Gasteiger partial charge in [0.05, 0.1) is 15.6 Å². The predicted molar refractivity (Wildman–Crippen MR) is 102 cm³/mol. The smallest absolute Gasteiger partial charge is 0.269 e. The van der Waals surface area contributed by atoms with E-state index in [1.165, 1.54) is 24.3 Å². The standard InChI is InChI=1S/C19H20N4O5/c1-2-16-18(21-24)11-17(12-3-7-14(8-4-12)22(25)26)20-19(16)13-5-9-15(10-6-13)23(27)28/h3-10,16-17,19-20,24H,2,11H2,1H3/b21-18+/t16-,17-,19-/m0/s1. The van der Waals surface area contributed by atoms with Crippen LogP contribution in [-0.2, 0) is 0 Å². The third-order valence-electron chi connectivity index (χ3n) is 5.16. The number of nitro benzene ring substituents is 2. The monoisotopic (exact) mass is 384 g/mol. The molecule has 1 aliphatic rings. The molecule has 1 aliphatic heterocycles. The molecule has 0 saturated carbocycles. The molecule has 0 unspecified atom stereocenters. The third kappa shape index (κ3) is 3.84. The Morgan fingerprint density at radius 3 is 1.93 bits per heavy atom. The van der Waals surface area contributed by atoms with Crippen molar-refractivity contribution in [3.8, 4) is 0 Å². The zero-order valence-electron chi connectivity index (χ0n) is 15.2. The number of nitrogens with one attached hydrogen (secondary N) is 1. The van der Waals surface area contributed by atoms with Crippen molar-refractivity contribution in [3.63, 3.8) is 0 Å². The maximum atomic E-state index is 10.9. The molecule has 3 atom stereocenters. The van der Waals surface area contributed by atoms with Gasteiger partial charge < -0.3 is 10.5 Å². The maximum Gasteiger partial charge on any atom is 0.269 e. The minimum atomic E-state index is -0.453. The van der Waals surface area contributed by atoms with Gasteiger partial charge in [-0.1, -0.05) is 36.3 Å². The van der Waals surface area contributed by atoms with Crippen molar-refractivity contribution in [1.29, 1.82) is 0 Å². The van der Waals surface area contributed by atoms with Crippen molar-refractivity contribution in [2.75, 3.05) is 0 Å². The van der Waals surface area contributed by atoms with E-state index in [0.717, 1.165) is 17.5 Å². The molecule has 28 heavy (non-hydrogen) atoms. The van der Waals surface area contributed by atoms with Crippen LogP contribution in [0, 0.1) is 26.1 Å². The van der Waals surface area contributed by atoms with Crippen LogP contribution < -0.4 is 5.32 Å². The summed E-state index contributed by atoms with van der Waals surface area (Å²) in [5.74, 6) is -0.0687. The second kappa shape index (κ2) is 8.13. The molecule has 146 valence electrons. The number of non-ortho nitro benzene ring substituents is 2. The fourth-order valence-electron chi connectivity index (χ4n) is 3.71. The summed E-state index contributed by atoms with van der Waals surface area (Å²) in [6.45, 7) is 1.99. The Balaban J connectivity index is 1.93. The van der Waals surface area contributed by atoms with Crippen molar-refractivity contribution >= 4 is 17.1 Å². The topological polar surface area (TPSA) is 131 Å². The first-order valence-electron chi connectivity index (χ1n) is 8.90. The summed E-state index contributed by atoms with van der Waals surface area (Å²) in [5.41, 5.74) is 2.34. The summed E-state index contributed by atoms with van der Waals surface area (Å²) in [5, 5.41) is 38.3. The number of hydrogen-bond acceptors (Lipinski definition) is 7. The van der Waals surface area contributed by atoms with Crippen LogP contribution in [0.25, 0.3) is 0 Å². The van der Waals surface area contributed by atoms with Crippen LogP contribution in [0.15, 0.2) is 53.7 Å². The lowest BCUT2D eigenvalue weighted by Gasteiger charge is -2.38. The zero-order valence-corrected chi connectivity index (χ0v) is 15.2. The number of nitrogens with zero attached hydrogens (tertiary/aromatic N) is 3. The summed E-state index contributed by atoms with van der Waals surface area (Å²) in [6.07, 6.45) is 1.19. The van der Waals surface area contributed by atoms with Crippen LogP contribution in [-0.4, -0.2) is 20.8 Å². The number of piperidine rings is 1. The number of oxime groups is 1. The summed E-state index contributed by atoms with van der Waals surface area (Å²) in [4.78, 5) is 20.9. The summed E-state index contributed by atoms with van der Waals surface area (Å²) < 4.78 is 0. The molecule has 0 aliphatic carbocycles. The molecule has 2 aromatic rings. The van der Waals surface area contributed by atoms with Gasteiger partial charge in [-0.15, -0.1) is 0 Å². The molecule has 0 aromatic heterocycles. The Hall–Kier alpha value is -3.33. The molecular formula is C19H20N4O5. The Morgan fingerprint density at radius 1 is 1.00 bits per heavy atom. The van der Waals surface area contributed by atoms with E-state index in [1.807, 2.05) is 6.92 Å². The van der Waals surface area contributed by atoms with Crippen LogP contribution in [0.3, 0.4) is 0 Å². The molecule has 3 rings (SSSR count). The molecular weight excluding hydrogens is 364 g/mol. The van der Waals surface area contributed by atoms with Gasteiger partial charge in [0.1, 0.15) is 0 Å². The molecule has 0 amide bonds. The lowest BCUT2D eigenvalue weighted by atomic mass is 9.79. The SMILES string of the molecule is CC[C@H]1/C(=N/O)C[C@@H](c2ccc([N+](=O)[O-])cc2)N[C@H]1c1ccc([N+](=O)[O-])cc1. The first-order chi connectivity index (χ1) is 13.4. The maximum absolute atomic E-state index is 10.9. The van der Waals surface area contributed by atoms with E-state index >= 15 is 0 Å². The Labute approximate surface area is 161 Å². The van der Waals surface area contributed by atoms with Crippen LogP contribution in [0.1, 0.15) is 43.0 Å². The van der Waals surface area contributed by atoms with E-state index in [4.69, 9.17) is 0 Å². The Morgan fingerprint density at radius 2 is 1.50 bits per heavy atom. The molecule has 1 heterocycles. The summed E-state index contributed by atoms with van der Waals surface area (Å²) in [7, 11) is 0. The minimum absolute atomic E-state index is 0.00830. The quantitative estimate of drug-likeness (QED) is 0.452. The van der Waals surface area contributed by atoms with E-state index in [2.05, 4.69) is 10.5 Å². The fourth-order valence-corrected chi connectivity index (χ4v) is 3.71.